The van der Waals surface area contributed by atoms with Gasteiger partial charge in [-0.2, -0.15) is 0 Å². The van der Waals surface area contributed by atoms with Crippen molar-refractivity contribution in [3.63, 3.8) is 0 Å². The van der Waals surface area contributed by atoms with Crippen LogP contribution in [0.4, 0.5) is 5.69 Å². The Morgan fingerprint density at radius 3 is 1.38 bits per heavy atom. The summed E-state index contributed by atoms with van der Waals surface area (Å²) < 4.78 is 0. The first kappa shape index (κ1) is 22.0. The molecule has 0 spiro atoms. The van der Waals surface area contributed by atoms with Crippen LogP contribution in [0.1, 0.15) is 18.1 Å². The van der Waals surface area contributed by atoms with Crippen LogP contribution in [0.2, 0.25) is 0 Å². The molecule has 0 saturated carbocycles. The first-order valence-electron chi connectivity index (χ1n) is 11.0. The number of para-hydroxylation sites is 1. The summed E-state index contributed by atoms with van der Waals surface area (Å²) >= 11 is 0. The average Bonchev–Trinajstić information content (AvgIpc) is 2.84. The van der Waals surface area contributed by atoms with Crippen LogP contribution in [0, 0.1) is 13.8 Å². The lowest BCUT2D eigenvalue weighted by atomic mass is 10.1. The van der Waals surface area contributed by atoms with E-state index >= 15 is 0 Å². The van der Waals surface area contributed by atoms with E-state index in [1.54, 1.807) is 0 Å². The molecule has 0 aliphatic carbocycles. The first-order valence-corrected chi connectivity index (χ1v) is 12.8. The Bertz CT molecular complexity index is 1070. The minimum atomic E-state index is -2.28. The number of amides is 1. The number of hydrogen-bond acceptors (Lipinski definition) is 1. The maximum Gasteiger partial charge on any atom is 0.266 e. The van der Waals surface area contributed by atoms with Gasteiger partial charge >= 0.3 is 0 Å². The topological polar surface area (TPSA) is 29.1 Å². The number of carbonyl (C=O) groups is 1. The van der Waals surface area contributed by atoms with Gasteiger partial charge in [-0.1, -0.05) is 72.8 Å². The average molecular weight is 439 g/mol. The van der Waals surface area contributed by atoms with Gasteiger partial charge in [0.15, 0.2) is 5.66 Å². The van der Waals surface area contributed by atoms with Crippen molar-refractivity contribution in [2.75, 3.05) is 5.32 Å². The molecule has 0 saturated heterocycles. The molecule has 0 heterocycles. The van der Waals surface area contributed by atoms with Crippen molar-refractivity contribution in [2.45, 2.75) is 26.4 Å². The monoisotopic (exact) mass is 438 g/mol. The fourth-order valence-corrected chi connectivity index (χ4v) is 9.10. The SMILES string of the molecule is Cc1cccc(C)c1NC(=O)C(C)[P+](c1ccccc1)(c1ccccc1)c1ccccc1. The molecule has 4 rings (SSSR count). The zero-order valence-electron chi connectivity index (χ0n) is 18.8. The van der Waals surface area contributed by atoms with Gasteiger partial charge in [-0.15, -0.1) is 0 Å². The summed E-state index contributed by atoms with van der Waals surface area (Å²) in [6, 6.07) is 37.7. The predicted molar refractivity (Wildman–Crippen MR) is 139 cm³/mol. The van der Waals surface area contributed by atoms with Gasteiger partial charge in [0.2, 0.25) is 0 Å². The van der Waals surface area contributed by atoms with Crippen LogP contribution in [0.5, 0.6) is 0 Å². The quantitative estimate of drug-likeness (QED) is 0.389. The van der Waals surface area contributed by atoms with Crippen LogP contribution in [0.3, 0.4) is 0 Å². The Morgan fingerprint density at radius 2 is 1.00 bits per heavy atom. The van der Waals surface area contributed by atoms with Crippen molar-refractivity contribution >= 4 is 34.8 Å². The maximum absolute atomic E-state index is 13.9. The molecule has 0 radical (unpaired) electrons. The summed E-state index contributed by atoms with van der Waals surface area (Å²) in [7, 11) is -2.28. The minimum absolute atomic E-state index is 0.0484. The largest absolute Gasteiger partial charge is 0.322 e. The summed E-state index contributed by atoms with van der Waals surface area (Å²) in [5, 5.41) is 6.91. The summed E-state index contributed by atoms with van der Waals surface area (Å²) in [5.41, 5.74) is 2.81. The smallest absolute Gasteiger partial charge is 0.266 e. The molecule has 0 aromatic heterocycles. The Hall–Kier alpha value is -3.22. The number of benzene rings is 4. The zero-order chi connectivity index (χ0) is 22.6. The molecule has 1 amide bonds. The van der Waals surface area contributed by atoms with E-state index in [4.69, 9.17) is 0 Å². The van der Waals surface area contributed by atoms with E-state index in [1.165, 1.54) is 15.9 Å². The van der Waals surface area contributed by atoms with Gasteiger partial charge in [0.25, 0.3) is 5.91 Å². The van der Waals surface area contributed by atoms with Crippen LogP contribution in [-0.4, -0.2) is 11.6 Å². The van der Waals surface area contributed by atoms with E-state index < -0.39 is 7.26 Å². The second kappa shape index (κ2) is 9.51. The van der Waals surface area contributed by atoms with Crippen LogP contribution in [-0.2, 0) is 4.79 Å². The maximum atomic E-state index is 13.9. The molecule has 0 fully saturated rings. The third-order valence-electron chi connectivity index (χ3n) is 6.18. The van der Waals surface area contributed by atoms with E-state index in [-0.39, 0.29) is 11.6 Å². The Morgan fingerprint density at radius 1 is 0.625 bits per heavy atom. The Balaban J connectivity index is 1.92. The number of aryl methyl sites for hydroxylation is 2. The van der Waals surface area contributed by atoms with E-state index in [0.29, 0.717) is 0 Å². The van der Waals surface area contributed by atoms with Gasteiger partial charge in [0.1, 0.15) is 23.2 Å². The molecule has 3 heteroatoms. The van der Waals surface area contributed by atoms with Crippen LogP contribution in [0.25, 0.3) is 0 Å². The summed E-state index contributed by atoms with van der Waals surface area (Å²) in [6.45, 7) is 6.17. The lowest BCUT2D eigenvalue weighted by Gasteiger charge is -2.32. The van der Waals surface area contributed by atoms with Crippen molar-refractivity contribution in [2.24, 2.45) is 0 Å². The highest BCUT2D eigenvalue weighted by Gasteiger charge is 2.53. The van der Waals surface area contributed by atoms with Crippen molar-refractivity contribution in [1.82, 2.24) is 0 Å². The van der Waals surface area contributed by atoms with E-state index in [2.05, 4.69) is 85.0 Å². The third kappa shape index (κ3) is 3.99. The van der Waals surface area contributed by atoms with Crippen LogP contribution in [0.15, 0.2) is 109 Å². The third-order valence-corrected chi connectivity index (χ3v) is 10.9. The second-order valence-electron chi connectivity index (χ2n) is 8.16. The van der Waals surface area contributed by atoms with Gasteiger partial charge in [-0.25, -0.2) is 0 Å². The number of rotatable bonds is 6. The Kier molecular flexibility index (Phi) is 6.53. The number of nitrogens with one attached hydrogen (secondary N) is 1. The Labute approximate surface area is 191 Å². The number of carbonyl (C=O) groups excluding carboxylic acids is 1. The van der Waals surface area contributed by atoms with Crippen molar-refractivity contribution in [3.8, 4) is 0 Å². The second-order valence-corrected chi connectivity index (χ2v) is 11.9. The van der Waals surface area contributed by atoms with E-state index in [1.807, 2.05) is 50.2 Å². The predicted octanol–water partition coefficient (Wildman–Crippen LogP) is 5.62. The van der Waals surface area contributed by atoms with Crippen molar-refractivity contribution in [3.05, 3.63) is 120 Å². The van der Waals surface area contributed by atoms with Gasteiger partial charge in [0, 0.05) is 5.69 Å². The van der Waals surface area contributed by atoms with E-state index in [9.17, 15) is 4.79 Å². The molecular weight excluding hydrogens is 409 g/mol. The molecule has 1 unspecified atom stereocenters. The normalized spacial score (nSPS) is 12.2. The molecule has 32 heavy (non-hydrogen) atoms. The minimum Gasteiger partial charge on any atom is -0.322 e. The fourth-order valence-electron chi connectivity index (χ4n) is 4.52. The fraction of sp³-hybridized carbons (Fsp3) is 0.138. The lowest BCUT2D eigenvalue weighted by molar-refractivity contribution is -0.115. The molecule has 0 aliphatic rings. The highest BCUT2D eigenvalue weighted by molar-refractivity contribution is 7.96. The summed E-state index contributed by atoms with van der Waals surface area (Å²) in [6.07, 6.45) is 0. The number of hydrogen-bond donors (Lipinski definition) is 1. The zero-order valence-corrected chi connectivity index (χ0v) is 19.7. The molecule has 2 nitrogen and oxygen atoms in total. The van der Waals surface area contributed by atoms with Crippen molar-refractivity contribution in [1.29, 1.82) is 0 Å². The standard InChI is InChI=1S/C29H28NOP/c1-22-14-13-15-23(2)28(22)30-29(31)24(3)32(25-16-7-4-8-17-25,26-18-9-5-10-19-26)27-20-11-6-12-21-27/h4-21,24H,1-3H3/p+1. The molecule has 0 aliphatic heterocycles. The first-order chi connectivity index (χ1) is 15.5. The van der Waals surface area contributed by atoms with Crippen LogP contribution >= 0.6 is 7.26 Å². The lowest BCUT2D eigenvalue weighted by Crippen LogP contribution is -2.43. The molecule has 4 aromatic rings. The molecule has 1 N–H and O–H groups in total. The molecule has 1 atom stereocenters. The van der Waals surface area contributed by atoms with Crippen molar-refractivity contribution < 1.29 is 4.79 Å². The molecule has 160 valence electrons. The highest BCUT2D eigenvalue weighted by Crippen LogP contribution is 2.59. The summed E-state index contributed by atoms with van der Waals surface area (Å²) in [4.78, 5) is 13.9. The van der Waals surface area contributed by atoms with E-state index in [0.717, 1.165) is 16.8 Å². The van der Waals surface area contributed by atoms with Crippen LogP contribution < -0.4 is 21.2 Å². The molecular formula is C29H29NOP+. The molecule has 4 aromatic carbocycles. The molecule has 0 bridgehead atoms. The van der Waals surface area contributed by atoms with Gasteiger partial charge in [0.05, 0.1) is 0 Å². The van der Waals surface area contributed by atoms with Gasteiger partial charge in [-0.3, -0.25) is 4.79 Å². The number of anilines is 1. The highest BCUT2D eigenvalue weighted by atomic mass is 31.2. The van der Waals surface area contributed by atoms with Gasteiger partial charge < -0.3 is 5.32 Å². The summed E-state index contributed by atoms with van der Waals surface area (Å²) in [5.74, 6) is 0.0484. The van der Waals surface area contributed by atoms with Gasteiger partial charge in [-0.05, 0) is 68.3 Å².